The van der Waals surface area contributed by atoms with Crippen molar-refractivity contribution in [3.8, 4) is 17.2 Å². The Kier molecular flexibility index (Phi) is 15.0. The molecule has 0 spiro atoms. The number of benzene rings is 2. The predicted octanol–water partition coefficient (Wildman–Crippen LogP) is 6.61. The molecule has 0 bridgehead atoms. The van der Waals surface area contributed by atoms with Crippen LogP contribution in [0.1, 0.15) is 77.5 Å². The van der Waals surface area contributed by atoms with E-state index in [1.54, 1.807) is 21.3 Å². The number of aliphatic hydroxyl groups is 1. The van der Waals surface area contributed by atoms with Gasteiger partial charge in [-0.3, -0.25) is 4.79 Å². The minimum atomic E-state index is -0.541. The molecule has 7 heteroatoms. The highest BCUT2D eigenvalue weighted by atomic mass is 16.5. The van der Waals surface area contributed by atoms with Crippen LogP contribution >= 0.6 is 0 Å². The van der Waals surface area contributed by atoms with E-state index in [0.717, 1.165) is 42.1 Å². The van der Waals surface area contributed by atoms with Crippen LogP contribution < -0.4 is 19.5 Å². The summed E-state index contributed by atoms with van der Waals surface area (Å²) in [5, 5.41) is 14.2. The zero-order chi connectivity index (χ0) is 30.4. The van der Waals surface area contributed by atoms with Crippen LogP contribution in [0.25, 0.3) is 0 Å². The quantitative estimate of drug-likeness (QED) is 0.185. The molecular formula is C34H53NO6. The van der Waals surface area contributed by atoms with Crippen LogP contribution in [0.2, 0.25) is 0 Å². The number of hydrogen-bond acceptors (Lipinski definition) is 6. The molecule has 0 saturated heterocycles. The summed E-state index contributed by atoms with van der Waals surface area (Å²) in [7, 11) is 4.98. The summed E-state index contributed by atoms with van der Waals surface area (Å²) in [6.07, 6.45) is 3.14. The van der Waals surface area contributed by atoms with Gasteiger partial charge in [-0.1, -0.05) is 45.9 Å². The Morgan fingerprint density at radius 2 is 1.56 bits per heavy atom. The average Bonchev–Trinajstić information content (AvgIpc) is 2.95. The third-order valence-corrected chi connectivity index (χ3v) is 7.93. The van der Waals surface area contributed by atoms with Crippen molar-refractivity contribution in [1.82, 2.24) is 5.32 Å². The third kappa shape index (κ3) is 11.6. The molecule has 0 fully saturated rings. The summed E-state index contributed by atoms with van der Waals surface area (Å²) in [6, 6.07) is 13.7. The van der Waals surface area contributed by atoms with E-state index in [9.17, 15) is 9.90 Å². The minimum absolute atomic E-state index is 0.0148. The van der Waals surface area contributed by atoms with E-state index in [0.29, 0.717) is 37.9 Å². The Bertz CT molecular complexity index is 1020. The van der Waals surface area contributed by atoms with Crippen molar-refractivity contribution < 1.29 is 28.8 Å². The van der Waals surface area contributed by atoms with Gasteiger partial charge in [0.15, 0.2) is 11.5 Å². The molecule has 2 rings (SSSR count). The van der Waals surface area contributed by atoms with E-state index in [1.807, 2.05) is 51.1 Å². The molecule has 1 amide bonds. The van der Waals surface area contributed by atoms with Crippen LogP contribution in [0.5, 0.6) is 17.2 Å². The fraction of sp³-hybridized carbons (Fsp3) is 0.618. The molecule has 0 aliphatic heterocycles. The van der Waals surface area contributed by atoms with Gasteiger partial charge in [0, 0.05) is 26.1 Å². The van der Waals surface area contributed by atoms with E-state index in [-0.39, 0.29) is 23.8 Å². The van der Waals surface area contributed by atoms with Crippen molar-refractivity contribution in [2.75, 3.05) is 34.5 Å². The standard InChI is InChI=1S/C34H53NO6/c1-23(2)28(20-26-10-17-32(40-8)33(21-26)41-19-9-18-38-6)11-14-29(36)22-31(24(3)4)34(37)35-25(5)27-12-15-30(39-7)16-13-27/h10,12-13,15-17,21,23-25,28-29,31,36H,9,11,14,18-20,22H2,1-8H3,(H,35,37)/t25-,28?,29-,31?/m1/s1. The number of methoxy groups -OCH3 is 3. The van der Waals surface area contributed by atoms with Gasteiger partial charge in [-0.05, 0) is 85.8 Å². The van der Waals surface area contributed by atoms with E-state index in [4.69, 9.17) is 18.9 Å². The number of carbonyl (C=O) groups excluding carboxylic acids is 1. The monoisotopic (exact) mass is 571 g/mol. The summed E-state index contributed by atoms with van der Waals surface area (Å²) in [5.41, 5.74) is 2.21. The van der Waals surface area contributed by atoms with E-state index >= 15 is 0 Å². The highest BCUT2D eigenvalue weighted by molar-refractivity contribution is 5.79. The predicted molar refractivity (Wildman–Crippen MR) is 165 cm³/mol. The third-order valence-electron chi connectivity index (χ3n) is 7.93. The van der Waals surface area contributed by atoms with Gasteiger partial charge < -0.3 is 29.4 Å². The Labute approximate surface area is 247 Å². The minimum Gasteiger partial charge on any atom is -0.497 e. The van der Waals surface area contributed by atoms with Crippen molar-refractivity contribution >= 4 is 5.91 Å². The topological polar surface area (TPSA) is 86.2 Å². The number of rotatable bonds is 19. The van der Waals surface area contributed by atoms with Crippen LogP contribution in [0, 0.1) is 23.7 Å². The number of amides is 1. The zero-order valence-corrected chi connectivity index (χ0v) is 26.4. The number of hydrogen-bond donors (Lipinski definition) is 2. The zero-order valence-electron chi connectivity index (χ0n) is 26.4. The first kappa shape index (κ1) is 34.4. The van der Waals surface area contributed by atoms with Gasteiger partial charge in [-0.25, -0.2) is 0 Å². The highest BCUT2D eigenvalue weighted by Crippen LogP contribution is 2.32. The highest BCUT2D eigenvalue weighted by Gasteiger charge is 2.27. The second-order valence-corrected chi connectivity index (χ2v) is 11.7. The number of nitrogens with one attached hydrogen (secondary N) is 1. The summed E-state index contributed by atoms with van der Waals surface area (Å²) in [4.78, 5) is 13.2. The lowest BCUT2D eigenvalue weighted by molar-refractivity contribution is -0.128. The molecule has 0 heterocycles. The maximum Gasteiger partial charge on any atom is 0.223 e. The summed E-state index contributed by atoms with van der Waals surface area (Å²) < 4.78 is 21.8. The Morgan fingerprint density at radius 3 is 2.15 bits per heavy atom. The SMILES string of the molecule is COCCCOc1cc(CC(CC[C@@H](O)CC(C(=O)N[C@H](C)c2ccc(OC)cc2)C(C)C)C(C)C)ccc1OC. The Morgan fingerprint density at radius 1 is 0.854 bits per heavy atom. The lowest BCUT2D eigenvalue weighted by Crippen LogP contribution is -2.37. The van der Waals surface area contributed by atoms with Crippen molar-refractivity contribution in [3.05, 3.63) is 53.6 Å². The van der Waals surface area contributed by atoms with E-state index in [1.165, 1.54) is 5.56 Å². The molecular weight excluding hydrogens is 518 g/mol. The van der Waals surface area contributed by atoms with E-state index < -0.39 is 6.10 Å². The lowest BCUT2D eigenvalue weighted by atomic mass is 9.82. The van der Waals surface area contributed by atoms with Gasteiger partial charge in [-0.2, -0.15) is 0 Å². The summed E-state index contributed by atoms with van der Waals surface area (Å²) in [6.45, 7) is 11.8. The Balaban J connectivity index is 1.97. The van der Waals surface area contributed by atoms with Crippen molar-refractivity contribution in [2.24, 2.45) is 23.7 Å². The molecule has 230 valence electrons. The van der Waals surface area contributed by atoms with Gasteiger partial charge in [0.25, 0.3) is 0 Å². The van der Waals surface area contributed by atoms with Crippen molar-refractivity contribution in [3.63, 3.8) is 0 Å². The van der Waals surface area contributed by atoms with Crippen LogP contribution in [-0.2, 0) is 16.0 Å². The molecule has 0 aliphatic carbocycles. The molecule has 2 aromatic carbocycles. The Hall–Kier alpha value is -2.77. The molecule has 0 saturated carbocycles. The lowest BCUT2D eigenvalue weighted by Gasteiger charge is -2.27. The maximum atomic E-state index is 13.2. The normalized spacial score (nSPS) is 14.4. The molecule has 2 N–H and O–H groups in total. The first-order valence-electron chi connectivity index (χ1n) is 15.0. The second kappa shape index (κ2) is 17.9. The first-order valence-corrected chi connectivity index (χ1v) is 15.0. The van der Waals surface area contributed by atoms with Crippen LogP contribution in [-0.4, -0.2) is 51.7 Å². The van der Waals surface area contributed by atoms with Crippen molar-refractivity contribution in [2.45, 2.75) is 78.9 Å². The van der Waals surface area contributed by atoms with Crippen LogP contribution in [0.15, 0.2) is 42.5 Å². The van der Waals surface area contributed by atoms with Crippen LogP contribution in [0.4, 0.5) is 0 Å². The average molecular weight is 572 g/mol. The van der Waals surface area contributed by atoms with E-state index in [2.05, 4.69) is 31.3 Å². The number of aliphatic hydroxyl groups excluding tert-OH is 1. The van der Waals surface area contributed by atoms with Gasteiger partial charge >= 0.3 is 0 Å². The smallest absolute Gasteiger partial charge is 0.223 e. The van der Waals surface area contributed by atoms with Gasteiger partial charge in [-0.15, -0.1) is 0 Å². The van der Waals surface area contributed by atoms with Gasteiger partial charge in [0.1, 0.15) is 5.75 Å². The molecule has 0 aliphatic rings. The molecule has 4 atom stereocenters. The fourth-order valence-corrected chi connectivity index (χ4v) is 5.12. The molecule has 0 aromatic heterocycles. The maximum absolute atomic E-state index is 13.2. The second-order valence-electron chi connectivity index (χ2n) is 11.7. The summed E-state index contributed by atoms with van der Waals surface area (Å²) >= 11 is 0. The first-order chi connectivity index (χ1) is 19.6. The molecule has 2 unspecified atom stereocenters. The van der Waals surface area contributed by atoms with Gasteiger partial charge in [0.2, 0.25) is 5.91 Å². The molecule has 0 radical (unpaired) electrons. The fourth-order valence-electron chi connectivity index (χ4n) is 5.12. The van der Waals surface area contributed by atoms with Crippen LogP contribution in [0.3, 0.4) is 0 Å². The summed E-state index contributed by atoms with van der Waals surface area (Å²) in [5.74, 6) is 2.94. The largest absolute Gasteiger partial charge is 0.497 e. The van der Waals surface area contributed by atoms with Crippen molar-refractivity contribution in [1.29, 1.82) is 0 Å². The molecule has 41 heavy (non-hydrogen) atoms. The number of ether oxygens (including phenoxy) is 4. The molecule has 7 nitrogen and oxygen atoms in total. The molecule has 2 aromatic rings. The van der Waals surface area contributed by atoms with Gasteiger partial charge in [0.05, 0.1) is 33.0 Å². The number of carbonyl (C=O) groups is 1.